The molecule has 38 heavy (non-hydrogen) atoms. The predicted molar refractivity (Wildman–Crippen MR) is 143 cm³/mol. The Balaban J connectivity index is 1.19. The van der Waals surface area contributed by atoms with Crippen LogP contribution in [0.3, 0.4) is 0 Å². The summed E-state index contributed by atoms with van der Waals surface area (Å²) in [5.74, 6) is 1.99. The van der Waals surface area contributed by atoms with Gasteiger partial charge in [-0.05, 0) is 32.3 Å². The first-order valence-electron chi connectivity index (χ1n) is 13.0. The number of anilines is 2. The van der Waals surface area contributed by atoms with E-state index < -0.39 is 15.1 Å². The molecule has 4 aliphatic heterocycles. The zero-order valence-electron chi connectivity index (χ0n) is 21.6. The fourth-order valence-electron chi connectivity index (χ4n) is 6.19. The average molecular weight is 563 g/mol. The van der Waals surface area contributed by atoms with Gasteiger partial charge in [0.05, 0.1) is 41.7 Å². The third kappa shape index (κ3) is 4.51. The number of ether oxygens (including phenoxy) is 2. The molecule has 0 aliphatic carbocycles. The fraction of sp³-hybridized carbons (Fsp3) is 0.640. The van der Waals surface area contributed by atoms with E-state index in [2.05, 4.69) is 9.88 Å². The summed E-state index contributed by atoms with van der Waals surface area (Å²) >= 11 is 1.40. The minimum atomic E-state index is -3.14. The van der Waals surface area contributed by atoms with E-state index in [4.69, 9.17) is 25.2 Å². The number of pyridine rings is 1. The number of nitrogens with two attached hydrogens (primary N) is 1. The van der Waals surface area contributed by atoms with Crippen LogP contribution in [0.15, 0.2) is 28.4 Å². The number of aromatic nitrogens is 3. The number of hydrogen-bond acceptors (Lipinski definition) is 12. The Labute approximate surface area is 227 Å². The van der Waals surface area contributed by atoms with Crippen LogP contribution in [-0.4, -0.2) is 91.0 Å². The molecule has 0 amide bonds. The van der Waals surface area contributed by atoms with Crippen molar-refractivity contribution in [3.05, 3.63) is 24.2 Å². The van der Waals surface area contributed by atoms with Gasteiger partial charge in [-0.1, -0.05) is 11.8 Å². The molecule has 11 nitrogen and oxygen atoms in total. The molecule has 3 fully saturated rings. The van der Waals surface area contributed by atoms with Crippen molar-refractivity contribution < 1.29 is 23.0 Å². The summed E-state index contributed by atoms with van der Waals surface area (Å²) < 4.78 is 36.2. The van der Waals surface area contributed by atoms with Gasteiger partial charge in [-0.3, -0.25) is 0 Å². The number of aliphatic hydroxyl groups excluding tert-OH is 1. The second-order valence-electron chi connectivity index (χ2n) is 10.9. The first-order valence-corrected chi connectivity index (χ1v) is 15.8. The smallest absolute Gasteiger partial charge is 0.175 e. The standard InChI is InChI=1S/C25H34N6O5S2/c1-15-22(26)25(14-36-15)4-7-30(8-5-25)23-18(12-32)29-20(10-28-23)37-19-3-6-27-24-21(19)35-13-16-9-17(11-31(16)24)38(2,33)34/h3,6,10,15-17,22,32H,4-5,7-9,11-14,26H2,1-2H3. The van der Waals surface area contributed by atoms with Gasteiger partial charge in [0.25, 0.3) is 0 Å². The van der Waals surface area contributed by atoms with E-state index in [1.54, 1.807) is 12.4 Å². The summed E-state index contributed by atoms with van der Waals surface area (Å²) in [5.41, 5.74) is 7.01. The average Bonchev–Trinajstić information content (AvgIpc) is 3.48. The lowest BCUT2D eigenvalue weighted by Gasteiger charge is -2.41. The third-order valence-electron chi connectivity index (χ3n) is 8.59. The maximum absolute atomic E-state index is 12.1. The Kier molecular flexibility index (Phi) is 6.70. The number of rotatable bonds is 5. The van der Waals surface area contributed by atoms with Gasteiger partial charge in [-0.2, -0.15) is 0 Å². The number of hydrogen-bond donors (Lipinski definition) is 2. The monoisotopic (exact) mass is 562 g/mol. The molecule has 4 aliphatic rings. The van der Waals surface area contributed by atoms with Crippen LogP contribution in [0, 0.1) is 5.41 Å². The van der Waals surface area contributed by atoms with Crippen LogP contribution in [0.4, 0.5) is 11.6 Å². The highest BCUT2D eigenvalue weighted by Crippen LogP contribution is 2.45. The van der Waals surface area contributed by atoms with E-state index >= 15 is 0 Å². The zero-order chi connectivity index (χ0) is 26.7. The molecule has 2 aromatic rings. The molecule has 2 aromatic heterocycles. The molecule has 13 heteroatoms. The van der Waals surface area contributed by atoms with Crippen molar-refractivity contribution in [1.29, 1.82) is 0 Å². The molecule has 3 N–H and O–H groups in total. The van der Waals surface area contributed by atoms with Gasteiger partial charge in [-0.25, -0.2) is 23.4 Å². The number of fused-ring (bicyclic) bond motifs is 3. The van der Waals surface area contributed by atoms with Crippen LogP contribution in [-0.2, 0) is 21.2 Å². The molecule has 0 bridgehead atoms. The van der Waals surface area contributed by atoms with E-state index in [9.17, 15) is 13.5 Å². The van der Waals surface area contributed by atoms with E-state index in [-0.39, 0.29) is 30.2 Å². The Morgan fingerprint density at radius 2 is 2.05 bits per heavy atom. The molecule has 4 unspecified atom stereocenters. The van der Waals surface area contributed by atoms with Crippen LogP contribution >= 0.6 is 11.8 Å². The molecular weight excluding hydrogens is 528 g/mol. The normalized spacial score (nSPS) is 28.3. The van der Waals surface area contributed by atoms with E-state index in [0.29, 0.717) is 54.3 Å². The Morgan fingerprint density at radius 3 is 2.74 bits per heavy atom. The molecule has 3 saturated heterocycles. The molecule has 0 aromatic carbocycles. The van der Waals surface area contributed by atoms with Crippen LogP contribution in [0.2, 0.25) is 0 Å². The van der Waals surface area contributed by atoms with Gasteiger partial charge < -0.3 is 30.1 Å². The van der Waals surface area contributed by atoms with Crippen molar-refractivity contribution >= 4 is 33.2 Å². The molecule has 1 spiro atoms. The van der Waals surface area contributed by atoms with Gasteiger partial charge in [-0.15, -0.1) is 0 Å². The Morgan fingerprint density at radius 1 is 1.26 bits per heavy atom. The van der Waals surface area contributed by atoms with Gasteiger partial charge in [0.15, 0.2) is 27.2 Å². The van der Waals surface area contributed by atoms with Crippen molar-refractivity contribution in [3.8, 4) is 5.75 Å². The predicted octanol–water partition coefficient (Wildman–Crippen LogP) is 1.23. The topological polar surface area (TPSA) is 144 Å². The van der Waals surface area contributed by atoms with Gasteiger partial charge >= 0.3 is 0 Å². The zero-order valence-corrected chi connectivity index (χ0v) is 23.2. The van der Waals surface area contributed by atoms with Crippen molar-refractivity contribution in [2.24, 2.45) is 11.1 Å². The van der Waals surface area contributed by atoms with Crippen LogP contribution in [0.1, 0.15) is 31.9 Å². The van der Waals surface area contributed by atoms with Gasteiger partial charge in [0.1, 0.15) is 17.3 Å². The van der Waals surface area contributed by atoms with Crippen LogP contribution in [0.25, 0.3) is 0 Å². The van der Waals surface area contributed by atoms with Crippen molar-refractivity contribution in [2.75, 3.05) is 48.9 Å². The molecule has 6 heterocycles. The largest absolute Gasteiger partial charge is 0.486 e. The minimum absolute atomic E-state index is 0.00715. The quantitative estimate of drug-likeness (QED) is 0.541. The number of sulfone groups is 1. The highest BCUT2D eigenvalue weighted by atomic mass is 32.2. The number of aliphatic hydroxyl groups is 1. The second kappa shape index (κ2) is 9.77. The summed E-state index contributed by atoms with van der Waals surface area (Å²) in [4.78, 5) is 19.0. The van der Waals surface area contributed by atoms with Crippen LogP contribution in [0.5, 0.6) is 5.75 Å². The maximum Gasteiger partial charge on any atom is 0.175 e. The lowest BCUT2D eigenvalue weighted by Crippen LogP contribution is -2.51. The highest BCUT2D eigenvalue weighted by molar-refractivity contribution is 7.99. The third-order valence-corrected chi connectivity index (χ3v) is 11.1. The van der Waals surface area contributed by atoms with E-state index in [1.165, 1.54) is 18.0 Å². The summed E-state index contributed by atoms with van der Waals surface area (Å²) in [6.45, 7) is 4.92. The first-order chi connectivity index (χ1) is 18.2. The van der Waals surface area contributed by atoms with Gasteiger partial charge in [0, 0.05) is 43.5 Å². The van der Waals surface area contributed by atoms with Crippen LogP contribution < -0.4 is 20.3 Å². The Bertz CT molecular complexity index is 1320. The molecular formula is C25H34N6O5S2. The molecule has 206 valence electrons. The first kappa shape index (κ1) is 26.1. The lowest BCUT2D eigenvalue weighted by atomic mass is 9.73. The highest BCUT2D eigenvalue weighted by Gasteiger charge is 2.48. The van der Waals surface area contributed by atoms with Crippen molar-refractivity contribution in [2.45, 2.75) is 66.2 Å². The summed E-state index contributed by atoms with van der Waals surface area (Å²) in [7, 11) is -3.14. The minimum Gasteiger partial charge on any atom is -0.486 e. The van der Waals surface area contributed by atoms with E-state index in [0.717, 1.165) is 30.8 Å². The number of piperidine rings is 1. The Hall–Kier alpha value is -2.19. The lowest BCUT2D eigenvalue weighted by molar-refractivity contribution is 0.0973. The molecule has 0 radical (unpaired) electrons. The molecule has 4 atom stereocenters. The fourth-order valence-corrected chi connectivity index (χ4v) is 8.05. The summed E-state index contributed by atoms with van der Waals surface area (Å²) in [6, 6.07) is 1.89. The van der Waals surface area contributed by atoms with Crippen molar-refractivity contribution in [1.82, 2.24) is 15.0 Å². The maximum atomic E-state index is 12.1. The van der Waals surface area contributed by atoms with Crippen molar-refractivity contribution in [3.63, 3.8) is 0 Å². The molecule has 0 saturated carbocycles. The van der Waals surface area contributed by atoms with E-state index in [1.807, 2.05) is 17.9 Å². The molecule has 6 rings (SSSR count). The SMILES string of the molecule is CC1OCC2(CCN(c3ncc(Sc4ccnc5c4OCC4CC(S(C)(=O)=O)CN54)nc3CO)CC2)C1N. The number of nitrogens with zero attached hydrogens (tertiary/aromatic N) is 5. The van der Waals surface area contributed by atoms with Gasteiger partial charge in [0.2, 0.25) is 0 Å². The second-order valence-corrected chi connectivity index (χ2v) is 14.3. The summed E-state index contributed by atoms with van der Waals surface area (Å²) in [5, 5.41) is 10.4. The summed E-state index contributed by atoms with van der Waals surface area (Å²) in [6.07, 6.45) is 7.17.